The van der Waals surface area contributed by atoms with Crippen LogP contribution in [0.1, 0.15) is 13.3 Å². The van der Waals surface area contributed by atoms with E-state index in [4.69, 9.17) is 106 Å². The fraction of sp³-hybridized carbons (Fsp3) is 0.982. The van der Waals surface area contributed by atoms with Crippen molar-refractivity contribution in [2.75, 3.05) is 244 Å². The lowest BCUT2D eigenvalue weighted by Crippen LogP contribution is -2.41. The average Bonchev–Trinajstić information content (AvgIpc) is 1.32. The third kappa shape index (κ3) is 52.3. The van der Waals surface area contributed by atoms with Gasteiger partial charge in [0.1, 0.15) is 111 Å². The standard InChI is InChI=1S/C57H114O37/c1-2-57(37-87-25-50(76)20-82-19-46(72)15-78-11-40(66)3-58,38-88-26-51(77)24-85-30-54(92-34-52(9-64)90-27-44(70)7-62)29-83-21-47(73)16-79-12-41(67)4-59)39-89-33-55(31-84-22-48(74)17-80-13-42(68)5-60)94-36-56(93-35-53(10-65)91-28-45(71)8-63)32-86-23-49(75)18-81-14-43(69)6-61/h40-50,52-56,58-76H,2-39H2,1H3. The van der Waals surface area contributed by atoms with E-state index in [1.807, 2.05) is 0 Å². The molecule has 0 heterocycles. The summed E-state index contributed by atoms with van der Waals surface area (Å²) in [4.78, 5) is 13.3. The van der Waals surface area contributed by atoms with Gasteiger partial charge in [-0.05, 0) is 6.42 Å². The minimum Gasteiger partial charge on any atom is -0.394 e. The molecule has 0 aliphatic carbocycles. The molecule has 0 aromatic rings. The maximum absolute atomic E-state index is 13.3. The fourth-order valence-corrected chi connectivity index (χ4v) is 7.21. The number of aliphatic hydroxyl groups is 19. The van der Waals surface area contributed by atoms with Crippen LogP contribution in [0.5, 0.6) is 0 Å². The first-order valence-electron chi connectivity index (χ1n) is 31.0. The Morgan fingerprint density at radius 2 is 0.457 bits per heavy atom. The third-order valence-electron chi connectivity index (χ3n) is 12.6. The Morgan fingerprint density at radius 3 is 0.766 bits per heavy atom. The molecule has 0 aromatic carbocycles. The van der Waals surface area contributed by atoms with Gasteiger partial charge in [-0.3, -0.25) is 4.79 Å². The zero-order chi connectivity index (χ0) is 70.2. The molecule has 37 nitrogen and oxygen atoms in total. The molecule has 0 aromatic heterocycles. The van der Waals surface area contributed by atoms with Crippen molar-refractivity contribution in [1.82, 2.24) is 0 Å². The normalized spacial score (nSPS) is 18.1. The minimum atomic E-state index is -1.25. The molecule has 0 rings (SSSR count). The fourth-order valence-electron chi connectivity index (χ4n) is 7.21. The minimum absolute atomic E-state index is 0.161. The largest absolute Gasteiger partial charge is 0.394 e. The predicted molar refractivity (Wildman–Crippen MR) is 319 cm³/mol. The van der Waals surface area contributed by atoms with Gasteiger partial charge in [0.2, 0.25) is 0 Å². The molecule has 0 fully saturated rings. The topological polar surface area (TPSA) is 558 Å². The second-order valence-electron chi connectivity index (χ2n) is 22.2. The van der Waals surface area contributed by atoms with E-state index < -0.39 is 175 Å². The van der Waals surface area contributed by atoms with E-state index in [1.165, 1.54) is 0 Å². The SMILES string of the molecule is CCC(COCC(=O)COCC(COCC(O)COCC(O)CO)OCC(CO)OCC(O)CO)(COCC(O)COCC(O)COCC(O)CO)COCC(COCC(O)COCC(O)CO)OCC(COCC(O)COCC(O)CO)OCC(CO)OCC(O)CO. The molecule has 94 heavy (non-hydrogen) atoms. The molecule has 17 atom stereocenters. The number of hydrogen-bond acceptors (Lipinski definition) is 37. The lowest BCUT2D eigenvalue weighted by molar-refractivity contribution is -0.148. The number of aliphatic hydroxyl groups excluding tert-OH is 19. The van der Waals surface area contributed by atoms with Crippen LogP contribution in [-0.2, 0) is 85.3 Å². The first-order valence-corrected chi connectivity index (χ1v) is 31.0. The molecule has 0 saturated heterocycles. The summed E-state index contributed by atoms with van der Waals surface area (Å²) in [6.07, 6.45) is -17.6. The Hall–Kier alpha value is -1.77. The number of hydrogen-bond donors (Lipinski definition) is 19. The quantitative estimate of drug-likeness (QED) is 0.0269. The summed E-state index contributed by atoms with van der Waals surface area (Å²) in [7, 11) is 0. The van der Waals surface area contributed by atoms with Crippen LogP contribution in [0, 0.1) is 5.41 Å². The van der Waals surface area contributed by atoms with E-state index in [1.54, 1.807) is 6.92 Å². The molecule has 0 aliphatic rings. The van der Waals surface area contributed by atoms with Crippen LogP contribution in [0.25, 0.3) is 0 Å². The molecular formula is C57H114O37. The molecule has 0 radical (unpaired) electrons. The zero-order valence-corrected chi connectivity index (χ0v) is 54.0. The zero-order valence-electron chi connectivity index (χ0n) is 54.0. The number of Topliss-reactive ketones (excluding diaryl/α,β-unsaturated/α-hetero) is 1. The molecule has 0 amide bonds. The molecule has 19 N–H and O–H groups in total. The van der Waals surface area contributed by atoms with E-state index in [2.05, 4.69) is 0 Å². The maximum atomic E-state index is 13.3. The number of carbonyl (C=O) groups is 1. The van der Waals surface area contributed by atoms with Gasteiger partial charge in [-0.1, -0.05) is 6.92 Å². The van der Waals surface area contributed by atoms with Crippen LogP contribution in [0.2, 0.25) is 0 Å². The van der Waals surface area contributed by atoms with E-state index >= 15 is 0 Å². The highest BCUT2D eigenvalue weighted by molar-refractivity contribution is 5.80. The summed E-state index contributed by atoms with van der Waals surface area (Å²) in [5.74, 6) is -0.549. The van der Waals surface area contributed by atoms with Gasteiger partial charge in [0.05, 0.1) is 231 Å². The Balaban J connectivity index is 6.55. The second-order valence-corrected chi connectivity index (χ2v) is 22.2. The van der Waals surface area contributed by atoms with Gasteiger partial charge in [-0.25, -0.2) is 0 Å². The summed E-state index contributed by atoms with van der Waals surface area (Å²) >= 11 is 0. The summed E-state index contributed by atoms with van der Waals surface area (Å²) in [6, 6.07) is 0. The van der Waals surface area contributed by atoms with Crippen molar-refractivity contribution in [3.63, 3.8) is 0 Å². The molecule has 17 unspecified atom stereocenters. The summed E-state index contributed by atoms with van der Waals surface area (Å²) < 4.78 is 96.1. The molecular weight excluding hydrogens is 1280 g/mol. The first kappa shape index (κ1) is 92.2. The highest BCUT2D eigenvalue weighted by Gasteiger charge is 2.32. The van der Waals surface area contributed by atoms with Gasteiger partial charge in [-0.2, -0.15) is 0 Å². The van der Waals surface area contributed by atoms with Crippen LogP contribution in [-0.4, -0.2) is 445 Å². The molecule has 564 valence electrons. The molecule has 0 spiro atoms. The lowest BCUT2D eigenvalue weighted by Gasteiger charge is -2.33. The molecule has 37 heteroatoms. The van der Waals surface area contributed by atoms with Gasteiger partial charge < -0.3 is 178 Å². The molecule has 0 saturated carbocycles. The van der Waals surface area contributed by atoms with Crippen molar-refractivity contribution in [2.24, 2.45) is 5.41 Å². The van der Waals surface area contributed by atoms with Crippen molar-refractivity contribution < 1.29 is 182 Å². The predicted octanol–water partition coefficient (Wildman–Crippen LogP) is -11.0. The van der Waals surface area contributed by atoms with Gasteiger partial charge in [0, 0.05) is 5.41 Å². The van der Waals surface area contributed by atoms with Crippen LogP contribution >= 0.6 is 0 Å². The van der Waals surface area contributed by atoms with E-state index in [0.29, 0.717) is 0 Å². The third-order valence-corrected chi connectivity index (χ3v) is 12.6. The van der Waals surface area contributed by atoms with E-state index in [9.17, 15) is 76.3 Å². The number of rotatable bonds is 72. The van der Waals surface area contributed by atoms with Crippen molar-refractivity contribution in [2.45, 2.75) is 111 Å². The van der Waals surface area contributed by atoms with Crippen LogP contribution in [0.4, 0.5) is 0 Å². The number of carbonyl (C=O) groups excluding carboxylic acids is 1. The van der Waals surface area contributed by atoms with Crippen LogP contribution < -0.4 is 0 Å². The van der Waals surface area contributed by atoms with Gasteiger partial charge in [0.25, 0.3) is 0 Å². The Labute approximate surface area is 547 Å². The summed E-state index contributed by atoms with van der Waals surface area (Å²) in [6.45, 7) is -10.8. The van der Waals surface area contributed by atoms with Crippen molar-refractivity contribution >= 4 is 5.78 Å². The maximum Gasteiger partial charge on any atom is 0.183 e. The monoisotopic (exact) mass is 1390 g/mol. The smallest absolute Gasteiger partial charge is 0.183 e. The van der Waals surface area contributed by atoms with Crippen molar-refractivity contribution in [3.05, 3.63) is 0 Å². The highest BCUT2D eigenvalue weighted by Crippen LogP contribution is 2.25. The average molecular weight is 1390 g/mol. The highest BCUT2D eigenvalue weighted by atomic mass is 16.6. The van der Waals surface area contributed by atoms with Gasteiger partial charge in [0.15, 0.2) is 5.78 Å². The van der Waals surface area contributed by atoms with Crippen molar-refractivity contribution in [3.8, 4) is 0 Å². The molecule has 0 bridgehead atoms. The van der Waals surface area contributed by atoms with Gasteiger partial charge >= 0.3 is 0 Å². The Kier molecular flexibility index (Phi) is 60.0. The Morgan fingerprint density at radius 1 is 0.245 bits per heavy atom. The van der Waals surface area contributed by atoms with E-state index in [0.717, 1.165) is 0 Å². The lowest BCUT2D eigenvalue weighted by atomic mass is 9.88. The van der Waals surface area contributed by atoms with Gasteiger partial charge in [-0.15, -0.1) is 0 Å². The number of ketones is 1. The van der Waals surface area contributed by atoms with Crippen LogP contribution in [0.3, 0.4) is 0 Å². The second kappa shape index (κ2) is 61.1. The summed E-state index contributed by atoms with van der Waals surface area (Å²) in [5, 5.41) is 184. The molecule has 0 aliphatic heterocycles. The Bertz CT molecular complexity index is 1660. The summed E-state index contributed by atoms with van der Waals surface area (Å²) in [5.41, 5.74) is -1.08. The van der Waals surface area contributed by atoms with Crippen molar-refractivity contribution in [1.29, 1.82) is 0 Å². The number of ether oxygens (including phenoxy) is 17. The van der Waals surface area contributed by atoms with E-state index in [-0.39, 0.29) is 185 Å². The van der Waals surface area contributed by atoms with Crippen LogP contribution in [0.15, 0.2) is 0 Å². The first-order chi connectivity index (χ1) is 45.1.